The Balaban J connectivity index is 1.94. The van der Waals surface area contributed by atoms with E-state index in [0.717, 1.165) is 25.7 Å². The van der Waals surface area contributed by atoms with Crippen molar-refractivity contribution in [2.75, 3.05) is 13.1 Å². The van der Waals surface area contributed by atoms with Crippen LogP contribution in [0.4, 0.5) is 4.79 Å². The van der Waals surface area contributed by atoms with Gasteiger partial charge in [-0.2, -0.15) is 0 Å². The lowest BCUT2D eigenvalue weighted by molar-refractivity contribution is -0.136. The molecule has 120 valence electrons. The summed E-state index contributed by atoms with van der Waals surface area (Å²) >= 11 is 12.4. The Bertz CT molecular complexity index is 433. The van der Waals surface area contributed by atoms with Crippen molar-refractivity contribution in [1.29, 1.82) is 0 Å². The van der Waals surface area contributed by atoms with Crippen molar-refractivity contribution in [3.63, 3.8) is 0 Å². The summed E-state index contributed by atoms with van der Waals surface area (Å²) in [6, 6.07) is 0. The summed E-state index contributed by atoms with van der Waals surface area (Å²) in [6.07, 6.45) is 3.30. The first kappa shape index (κ1) is 16.9. The van der Waals surface area contributed by atoms with E-state index < -0.39 is 9.93 Å². The number of amides is 1. The zero-order valence-electron chi connectivity index (χ0n) is 12.9. The zero-order valence-corrected chi connectivity index (χ0v) is 14.4. The van der Waals surface area contributed by atoms with Crippen LogP contribution in [-0.4, -0.2) is 39.8 Å². The number of carbonyl (C=O) groups is 2. The second-order valence-electron chi connectivity index (χ2n) is 7.13. The average molecular weight is 336 g/mol. The molecule has 1 amide bonds. The van der Waals surface area contributed by atoms with E-state index in [4.69, 9.17) is 27.9 Å². The Hall–Kier alpha value is -0.480. The number of Topliss-reactive ketones (excluding diaryl/α,β-unsaturated/α-hetero) is 1. The maximum absolute atomic E-state index is 12.1. The van der Waals surface area contributed by atoms with E-state index in [2.05, 4.69) is 0 Å². The molecule has 6 heteroatoms. The number of ketones is 1. The van der Waals surface area contributed by atoms with Crippen LogP contribution in [0.1, 0.15) is 52.9 Å². The molecule has 2 rings (SSSR count). The summed E-state index contributed by atoms with van der Waals surface area (Å²) in [4.78, 5) is 25.4. The van der Waals surface area contributed by atoms with E-state index in [1.54, 1.807) is 4.90 Å². The summed E-state index contributed by atoms with van der Waals surface area (Å²) in [7, 11) is 0. The van der Waals surface area contributed by atoms with Crippen molar-refractivity contribution < 1.29 is 14.3 Å². The highest BCUT2D eigenvalue weighted by Gasteiger charge is 2.63. The maximum atomic E-state index is 12.1. The highest BCUT2D eigenvalue weighted by atomic mass is 35.5. The third kappa shape index (κ3) is 3.31. The van der Waals surface area contributed by atoms with Gasteiger partial charge in [-0.1, -0.05) is 23.2 Å². The van der Waals surface area contributed by atoms with Gasteiger partial charge < -0.3 is 9.64 Å². The van der Waals surface area contributed by atoms with Crippen molar-refractivity contribution >= 4 is 35.1 Å². The molecule has 0 atom stereocenters. The topological polar surface area (TPSA) is 46.6 Å². The molecule has 1 spiro atoms. The quantitative estimate of drug-likeness (QED) is 0.630. The van der Waals surface area contributed by atoms with Crippen LogP contribution in [0, 0.1) is 5.41 Å². The predicted octanol–water partition coefficient (Wildman–Crippen LogP) is 3.93. The Morgan fingerprint density at radius 1 is 1.19 bits per heavy atom. The molecule has 21 heavy (non-hydrogen) atoms. The summed E-state index contributed by atoms with van der Waals surface area (Å²) in [5.41, 5.74) is -0.782. The van der Waals surface area contributed by atoms with Crippen LogP contribution in [0.2, 0.25) is 0 Å². The fourth-order valence-corrected chi connectivity index (χ4v) is 3.82. The first-order valence-corrected chi connectivity index (χ1v) is 8.22. The van der Waals surface area contributed by atoms with Gasteiger partial charge in [0.05, 0.1) is 0 Å². The highest BCUT2D eigenvalue weighted by molar-refractivity contribution is 6.61. The number of hydrogen-bond donors (Lipinski definition) is 0. The number of ether oxygens (including phenoxy) is 1. The summed E-state index contributed by atoms with van der Waals surface area (Å²) < 4.78 is 4.17. The van der Waals surface area contributed by atoms with E-state index in [0.29, 0.717) is 19.5 Å². The Morgan fingerprint density at radius 3 is 2.10 bits per heavy atom. The van der Waals surface area contributed by atoms with Crippen LogP contribution < -0.4 is 0 Å². The Labute approximate surface area is 136 Å². The minimum Gasteiger partial charge on any atom is -0.444 e. The molecule has 4 nitrogen and oxygen atoms in total. The SMILES string of the molecule is CC(C)(C)OC(=O)N1CCCC2(CCC1)CC(=O)C2(Cl)Cl. The number of likely N-dealkylation sites (tertiary alicyclic amines) is 1. The predicted molar refractivity (Wildman–Crippen MR) is 82.8 cm³/mol. The molecule has 2 fully saturated rings. The lowest BCUT2D eigenvalue weighted by Gasteiger charge is -2.52. The lowest BCUT2D eigenvalue weighted by Crippen LogP contribution is -2.58. The van der Waals surface area contributed by atoms with Gasteiger partial charge in [0.15, 0.2) is 10.1 Å². The smallest absolute Gasteiger partial charge is 0.410 e. The average Bonchev–Trinajstić information content (AvgIpc) is 2.29. The first-order chi connectivity index (χ1) is 9.57. The van der Waals surface area contributed by atoms with Crippen molar-refractivity contribution in [3.05, 3.63) is 0 Å². The second kappa shape index (κ2) is 5.62. The third-order valence-electron chi connectivity index (χ3n) is 4.33. The number of carbonyl (C=O) groups excluding carboxylic acids is 2. The molecule has 0 aromatic heterocycles. The third-order valence-corrected chi connectivity index (χ3v) is 5.56. The molecular weight excluding hydrogens is 313 g/mol. The van der Waals surface area contributed by atoms with Crippen molar-refractivity contribution in [1.82, 2.24) is 4.90 Å². The number of nitrogens with zero attached hydrogens (tertiary/aromatic N) is 1. The van der Waals surface area contributed by atoms with Crippen LogP contribution in [0.5, 0.6) is 0 Å². The van der Waals surface area contributed by atoms with Crippen molar-refractivity contribution in [3.8, 4) is 0 Å². The van der Waals surface area contributed by atoms with Gasteiger partial charge in [0.1, 0.15) is 5.60 Å². The molecule has 0 N–H and O–H groups in total. The van der Waals surface area contributed by atoms with Gasteiger partial charge in [-0.25, -0.2) is 4.79 Å². The normalized spacial score (nSPS) is 25.0. The molecule has 0 aromatic carbocycles. The van der Waals surface area contributed by atoms with Gasteiger partial charge in [0.25, 0.3) is 0 Å². The molecular formula is C15H23Cl2NO3. The van der Waals surface area contributed by atoms with Gasteiger partial charge in [-0.3, -0.25) is 4.79 Å². The molecule has 1 aliphatic heterocycles. The minimum absolute atomic E-state index is 0.0737. The van der Waals surface area contributed by atoms with Gasteiger partial charge in [0, 0.05) is 24.9 Å². The van der Waals surface area contributed by atoms with Gasteiger partial charge in [-0.15, -0.1) is 0 Å². The fraction of sp³-hybridized carbons (Fsp3) is 0.867. The molecule has 1 aliphatic carbocycles. The molecule has 1 saturated carbocycles. The van der Waals surface area contributed by atoms with E-state index in [-0.39, 0.29) is 17.3 Å². The Morgan fingerprint density at radius 2 is 1.71 bits per heavy atom. The van der Waals surface area contributed by atoms with E-state index in [9.17, 15) is 9.59 Å². The van der Waals surface area contributed by atoms with Gasteiger partial charge in [-0.05, 0) is 46.5 Å². The summed E-state index contributed by atoms with van der Waals surface area (Å²) in [5.74, 6) is -0.0737. The number of alkyl halides is 2. The second-order valence-corrected chi connectivity index (χ2v) is 8.46. The van der Waals surface area contributed by atoms with E-state index in [1.165, 1.54) is 0 Å². The van der Waals surface area contributed by atoms with Crippen LogP contribution in [0.15, 0.2) is 0 Å². The first-order valence-electron chi connectivity index (χ1n) is 7.46. The highest BCUT2D eigenvalue weighted by Crippen LogP contribution is 2.60. The van der Waals surface area contributed by atoms with Gasteiger partial charge >= 0.3 is 6.09 Å². The molecule has 2 aliphatic rings. The van der Waals surface area contributed by atoms with Crippen molar-refractivity contribution in [2.24, 2.45) is 5.41 Å². The maximum Gasteiger partial charge on any atom is 0.410 e. The monoisotopic (exact) mass is 335 g/mol. The summed E-state index contributed by atoms with van der Waals surface area (Å²) in [5, 5.41) is 0. The standard InChI is InChI=1S/C15H23Cl2NO3/c1-13(2,3)21-12(20)18-8-4-6-14(7-5-9-18)10-11(19)15(14,16)17/h4-10H2,1-3H3. The molecule has 0 unspecified atom stereocenters. The zero-order chi connectivity index (χ0) is 15.9. The lowest BCUT2D eigenvalue weighted by atomic mass is 9.61. The molecule has 0 radical (unpaired) electrons. The van der Waals surface area contributed by atoms with Crippen LogP contribution in [0.25, 0.3) is 0 Å². The van der Waals surface area contributed by atoms with Crippen LogP contribution in [0.3, 0.4) is 0 Å². The van der Waals surface area contributed by atoms with Crippen LogP contribution >= 0.6 is 23.2 Å². The molecule has 1 heterocycles. The number of halogens is 2. The summed E-state index contributed by atoms with van der Waals surface area (Å²) in [6.45, 7) is 6.82. The largest absolute Gasteiger partial charge is 0.444 e. The molecule has 1 saturated heterocycles. The van der Waals surface area contributed by atoms with Crippen LogP contribution in [-0.2, 0) is 9.53 Å². The molecule has 0 aromatic rings. The number of hydrogen-bond acceptors (Lipinski definition) is 3. The van der Waals surface area contributed by atoms with Crippen molar-refractivity contribution in [2.45, 2.75) is 62.8 Å². The number of rotatable bonds is 0. The molecule has 0 bridgehead atoms. The van der Waals surface area contributed by atoms with Gasteiger partial charge in [0.2, 0.25) is 0 Å². The fourth-order valence-electron chi connectivity index (χ4n) is 3.17. The Kier molecular flexibility index (Phi) is 4.52. The minimum atomic E-state index is -1.24. The van der Waals surface area contributed by atoms with E-state index >= 15 is 0 Å². The van der Waals surface area contributed by atoms with E-state index in [1.807, 2.05) is 20.8 Å².